The molecule has 1 atom stereocenters. The van der Waals surface area contributed by atoms with Crippen molar-refractivity contribution in [1.29, 1.82) is 0 Å². The van der Waals surface area contributed by atoms with Crippen molar-refractivity contribution < 1.29 is 17.9 Å². The van der Waals surface area contributed by atoms with E-state index in [0.717, 1.165) is 5.56 Å². The zero-order valence-electron chi connectivity index (χ0n) is 12.3. The highest BCUT2D eigenvalue weighted by Gasteiger charge is 2.39. The van der Waals surface area contributed by atoms with Crippen LogP contribution in [0.1, 0.15) is 16.4 Å². The molecule has 0 aliphatic carbocycles. The van der Waals surface area contributed by atoms with E-state index in [4.69, 9.17) is 9.47 Å². The minimum Gasteiger partial charge on any atom is -0.348 e. The van der Waals surface area contributed by atoms with E-state index >= 15 is 0 Å². The molecule has 0 radical (unpaired) electrons. The lowest BCUT2D eigenvalue weighted by Crippen LogP contribution is -2.27. The highest BCUT2D eigenvalue weighted by molar-refractivity contribution is 7.91. The Morgan fingerprint density at radius 1 is 0.955 bits per heavy atom. The molecule has 116 valence electrons. The molecule has 0 saturated carbocycles. The molecule has 0 N–H and O–H groups in total. The van der Waals surface area contributed by atoms with Crippen molar-refractivity contribution in [3.8, 4) is 0 Å². The van der Waals surface area contributed by atoms with Crippen LogP contribution in [0, 0.1) is 6.92 Å². The van der Waals surface area contributed by atoms with Crippen molar-refractivity contribution in [3.63, 3.8) is 0 Å². The minimum absolute atomic E-state index is 0.283. The van der Waals surface area contributed by atoms with Gasteiger partial charge in [-0.05, 0) is 24.6 Å². The lowest BCUT2D eigenvalue weighted by atomic mass is 10.1. The lowest BCUT2D eigenvalue weighted by molar-refractivity contribution is -0.0440. The van der Waals surface area contributed by atoms with Crippen molar-refractivity contribution in [2.24, 2.45) is 0 Å². The van der Waals surface area contributed by atoms with Crippen LogP contribution >= 0.6 is 0 Å². The molecule has 1 unspecified atom stereocenters. The van der Waals surface area contributed by atoms with E-state index in [0.29, 0.717) is 18.8 Å². The van der Waals surface area contributed by atoms with E-state index in [1.54, 1.807) is 36.4 Å². The molecule has 1 aliphatic rings. The zero-order valence-corrected chi connectivity index (χ0v) is 13.1. The van der Waals surface area contributed by atoms with Gasteiger partial charge >= 0.3 is 0 Å². The first-order valence-corrected chi connectivity index (χ1v) is 8.72. The fourth-order valence-corrected chi connectivity index (χ4v) is 4.33. The molecule has 1 heterocycles. The number of hydrogen-bond donors (Lipinski definition) is 0. The molecule has 0 aromatic heterocycles. The van der Waals surface area contributed by atoms with Gasteiger partial charge in [0, 0.05) is 0 Å². The summed E-state index contributed by atoms with van der Waals surface area (Å²) in [4.78, 5) is 0.283. The average Bonchev–Trinajstić information content (AvgIpc) is 3.02. The first-order valence-electron chi connectivity index (χ1n) is 7.18. The Morgan fingerprint density at radius 3 is 2.14 bits per heavy atom. The Morgan fingerprint density at radius 2 is 1.55 bits per heavy atom. The minimum atomic E-state index is -3.60. The number of ether oxygens (including phenoxy) is 2. The number of sulfone groups is 1. The van der Waals surface area contributed by atoms with Gasteiger partial charge in [-0.15, -0.1) is 0 Å². The quantitative estimate of drug-likeness (QED) is 0.870. The molecule has 2 aromatic carbocycles. The third kappa shape index (κ3) is 2.92. The van der Waals surface area contributed by atoms with Crippen LogP contribution in [-0.4, -0.2) is 27.9 Å². The maximum absolute atomic E-state index is 13.1. The molecule has 1 fully saturated rings. The molecule has 0 amide bonds. The Balaban J connectivity index is 2.06. The summed E-state index contributed by atoms with van der Waals surface area (Å²) in [5.74, 6) is 0. The zero-order chi connectivity index (χ0) is 15.6. The predicted octanol–water partition coefficient (Wildman–Crippen LogP) is 2.88. The molecule has 1 aliphatic heterocycles. The van der Waals surface area contributed by atoms with E-state index < -0.39 is 21.4 Å². The molecule has 22 heavy (non-hydrogen) atoms. The summed E-state index contributed by atoms with van der Waals surface area (Å²) in [7, 11) is -3.60. The smallest absolute Gasteiger partial charge is 0.190 e. The van der Waals surface area contributed by atoms with E-state index in [1.807, 2.05) is 25.1 Å². The number of aryl methyl sites for hydroxylation is 1. The van der Waals surface area contributed by atoms with Crippen molar-refractivity contribution in [2.45, 2.75) is 23.4 Å². The van der Waals surface area contributed by atoms with Crippen LogP contribution in [0.15, 0.2) is 59.5 Å². The molecule has 2 aromatic rings. The van der Waals surface area contributed by atoms with Gasteiger partial charge in [-0.2, -0.15) is 0 Å². The van der Waals surface area contributed by atoms with Crippen molar-refractivity contribution >= 4 is 9.84 Å². The maximum atomic E-state index is 13.1. The van der Waals surface area contributed by atoms with Gasteiger partial charge in [-0.25, -0.2) is 8.42 Å². The van der Waals surface area contributed by atoms with Crippen LogP contribution in [0.3, 0.4) is 0 Å². The van der Waals surface area contributed by atoms with Crippen molar-refractivity contribution in [2.75, 3.05) is 13.2 Å². The van der Waals surface area contributed by atoms with Gasteiger partial charge in [-0.1, -0.05) is 48.0 Å². The first kappa shape index (κ1) is 15.2. The summed E-state index contributed by atoms with van der Waals surface area (Å²) >= 11 is 0. The largest absolute Gasteiger partial charge is 0.348 e. The van der Waals surface area contributed by atoms with Crippen LogP contribution in [0.4, 0.5) is 0 Å². The molecule has 3 rings (SSSR count). The van der Waals surface area contributed by atoms with Crippen LogP contribution in [0.25, 0.3) is 0 Å². The second-order valence-corrected chi connectivity index (χ2v) is 7.37. The summed E-state index contributed by atoms with van der Waals surface area (Å²) in [6.45, 7) is 2.75. The highest BCUT2D eigenvalue weighted by Crippen LogP contribution is 2.35. The van der Waals surface area contributed by atoms with Gasteiger partial charge in [0.1, 0.15) is 5.25 Å². The van der Waals surface area contributed by atoms with E-state index in [-0.39, 0.29) is 4.90 Å². The van der Waals surface area contributed by atoms with Gasteiger partial charge in [0.05, 0.1) is 18.1 Å². The third-order valence-corrected chi connectivity index (χ3v) is 5.80. The third-order valence-electron chi connectivity index (χ3n) is 3.71. The number of benzene rings is 2. The maximum Gasteiger partial charge on any atom is 0.190 e. The molecule has 0 bridgehead atoms. The summed E-state index contributed by atoms with van der Waals surface area (Å²) in [6, 6.07) is 15.9. The van der Waals surface area contributed by atoms with Crippen LogP contribution < -0.4 is 0 Å². The fraction of sp³-hybridized carbons (Fsp3) is 0.294. The first-order chi connectivity index (χ1) is 10.6. The van der Waals surface area contributed by atoms with E-state index in [9.17, 15) is 8.42 Å². The Hall–Kier alpha value is -1.69. The summed E-state index contributed by atoms with van der Waals surface area (Å²) in [5, 5.41) is -0.862. The second kappa shape index (κ2) is 6.20. The summed E-state index contributed by atoms with van der Waals surface area (Å²) in [6.07, 6.45) is -0.770. The average molecular weight is 318 g/mol. The molecule has 5 heteroatoms. The number of rotatable bonds is 4. The van der Waals surface area contributed by atoms with Crippen LogP contribution in [0.2, 0.25) is 0 Å². The van der Waals surface area contributed by atoms with Crippen LogP contribution in [-0.2, 0) is 19.3 Å². The van der Waals surface area contributed by atoms with E-state index in [2.05, 4.69) is 0 Å². The molecule has 1 saturated heterocycles. The van der Waals surface area contributed by atoms with E-state index in [1.165, 1.54) is 0 Å². The molecule has 0 spiro atoms. The van der Waals surface area contributed by atoms with Gasteiger partial charge in [0.2, 0.25) is 0 Å². The molecule has 4 nitrogen and oxygen atoms in total. The monoisotopic (exact) mass is 318 g/mol. The Labute approximate surface area is 130 Å². The van der Waals surface area contributed by atoms with Gasteiger partial charge in [-0.3, -0.25) is 0 Å². The van der Waals surface area contributed by atoms with Gasteiger partial charge in [0.25, 0.3) is 0 Å². The summed E-state index contributed by atoms with van der Waals surface area (Å²) < 4.78 is 37.1. The van der Waals surface area contributed by atoms with Crippen molar-refractivity contribution in [3.05, 3.63) is 65.7 Å². The van der Waals surface area contributed by atoms with Gasteiger partial charge in [0.15, 0.2) is 16.1 Å². The predicted molar refractivity (Wildman–Crippen MR) is 83.2 cm³/mol. The molecular weight excluding hydrogens is 300 g/mol. The van der Waals surface area contributed by atoms with Gasteiger partial charge < -0.3 is 9.47 Å². The Bertz CT molecular complexity index is 717. The topological polar surface area (TPSA) is 52.6 Å². The highest BCUT2D eigenvalue weighted by atomic mass is 32.2. The van der Waals surface area contributed by atoms with Crippen molar-refractivity contribution in [1.82, 2.24) is 0 Å². The normalized spacial score (nSPS) is 17.5. The fourth-order valence-electron chi connectivity index (χ4n) is 2.55. The Kier molecular flexibility index (Phi) is 4.29. The van der Waals surface area contributed by atoms with Crippen LogP contribution in [0.5, 0.6) is 0 Å². The second-order valence-electron chi connectivity index (χ2n) is 5.30. The standard InChI is InChI=1S/C17H18O4S/c1-13-7-9-15(10-8-13)22(18,19)16(17-20-11-12-21-17)14-5-3-2-4-6-14/h2-10,16-17H,11-12H2,1H3. The SMILES string of the molecule is Cc1ccc(S(=O)(=O)C(c2ccccc2)C2OCCO2)cc1. The number of hydrogen-bond acceptors (Lipinski definition) is 4. The lowest BCUT2D eigenvalue weighted by Gasteiger charge is -2.23. The molecular formula is C17H18O4S. The summed E-state index contributed by atoms with van der Waals surface area (Å²) in [5.41, 5.74) is 1.69.